The van der Waals surface area contributed by atoms with E-state index >= 15 is 0 Å². The second-order valence-electron chi connectivity index (χ2n) is 5.08. The van der Waals surface area contributed by atoms with Crippen LogP contribution in [0.25, 0.3) is 0 Å². The minimum Gasteiger partial charge on any atom is -0.383 e. The Hall–Kier alpha value is -0.750. The fraction of sp³-hybridized carbons (Fsp3) is 0.538. The molecule has 6 heteroatoms. The van der Waals surface area contributed by atoms with E-state index in [0.29, 0.717) is 18.8 Å². The fourth-order valence-corrected chi connectivity index (χ4v) is 1.88. The zero-order valence-corrected chi connectivity index (χ0v) is 12.7. The maximum Gasteiger partial charge on any atom is 0.417 e. The van der Waals surface area contributed by atoms with Crippen molar-refractivity contribution in [3.8, 4) is 0 Å². The zero-order valence-electron chi connectivity index (χ0n) is 11.1. The third kappa shape index (κ3) is 5.82. The molecule has 0 saturated carbocycles. The van der Waals surface area contributed by atoms with Crippen LogP contribution < -0.4 is 5.32 Å². The second kappa shape index (κ2) is 6.13. The molecule has 1 aromatic rings. The van der Waals surface area contributed by atoms with Crippen LogP contribution in [0, 0.1) is 0 Å². The molecule has 1 N–H and O–H groups in total. The first-order chi connectivity index (χ1) is 8.59. The molecule has 0 heterocycles. The first-order valence-electron chi connectivity index (χ1n) is 5.84. The zero-order chi connectivity index (χ0) is 14.7. The van der Waals surface area contributed by atoms with Gasteiger partial charge < -0.3 is 10.1 Å². The van der Waals surface area contributed by atoms with Crippen LogP contribution in [0.2, 0.25) is 0 Å². The van der Waals surface area contributed by atoms with E-state index in [0.717, 1.165) is 6.07 Å². The van der Waals surface area contributed by atoms with E-state index in [1.165, 1.54) is 6.07 Å². The summed E-state index contributed by atoms with van der Waals surface area (Å²) in [5, 5.41) is 2.91. The quantitative estimate of drug-likeness (QED) is 0.803. The molecule has 19 heavy (non-hydrogen) atoms. The first-order valence-corrected chi connectivity index (χ1v) is 6.63. The predicted octanol–water partition coefficient (Wildman–Crippen LogP) is 4.69. The van der Waals surface area contributed by atoms with Gasteiger partial charge in [0.1, 0.15) is 0 Å². The Morgan fingerprint density at radius 2 is 1.84 bits per heavy atom. The summed E-state index contributed by atoms with van der Waals surface area (Å²) in [6, 6.07) is 4.06. The number of alkyl halides is 3. The molecule has 0 aromatic heterocycles. The van der Waals surface area contributed by atoms with Crippen LogP contribution in [0.3, 0.4) is 0 Å². The minimum absolute atomic E-state index is 0.0384. The molecule has 1 aromatic carbocycles. The van der Waals surface area contributed by atoms with Crippen LogP contribution in [-0.4, -0.2) is 18.8 Å². The van der Waals surface area contributed by atoms with Gasteiger partial charge in [-0.05, 0) is 39.0 Å². The van der Waals surface area contributed by atoms with Crippen molar-refractivity contribution in [1.29, 1.82) is 0 Å². The van der Waals surface area contributed by atoms with Crippen LogP contribution in [-0.2, 0) is 10.9 Å². The van der Waals surface area contributed by atoms with Crippen LogP contribution in [0.1, 0.15) is 26.3 Å². The molecular weight excluding hydrogens is 323 g/mol. The van der Waals surface area contributed by atoms with Gasteiger partial charge in [0.15, 0.2) is 0 Å². The molecule has 0 amide bonds. The van der Waals surface area contributed by atoms with Gasteiger partial charge >= 0.3 is 6.18 Å². The van der Waals surface area contributed by atoms with Gasteiger partial charge in [0, 0.05) is 16.7 Å². The fourth-order valence-electron chi connectivity index (χ4n) is 1.41. The van der Waals surface area contributed by atoms with E-state index in [4.69, 9.17) is 4.74 Å². The molecule has 2 nitrogen and oxygen atoms in total. The summed E-state index contributed by atoms with van der Waals surface area (Å²) in [4.78, 5) is 0. The van der Waals surface area contributed by atoms with E-state index in [2.05, 4.69) is 21.2 Å². The van der Waals surface area contributed by atoms with Crippen LogP contribution in [0.5, 0.6) is 0 Å². The van der Waals surface area contributed by atoms with E-state index in [-0.39, 0.29) is 10.1 Å². The van der Waals surface area contributed by atoms with Crippen LogP contribution in [0.4, 0.5) is 18.9 Å². The standard InChI is InChI=1S/C13H17BrF3NO/c1-12(2,3)19-7-6-18-9-4-5-11(14)10(8-9)13(15,16)17/h4-5,8,18H,6-7H2,1-3H3. The highest BCUT2D eigenvalue weighted by atomic mass is 79.9. The van der Waals surface area contributed by atoms with Gasteiger partial charge in [-0.25, -0.2) is 0 Å². The van der Waals surface area contributed by atoms with Crippen molar-refractivity contribution in [3.05, 3.63) is 28.2 Å². The summed E-state index contributed by atoms with van der Waals surface area (Å²) in [6.07, 6.45) is -4.36. The summed E-state index contributed by atoms with van der Waals surface area (Å²) in [7, 11) is 0. The molecule has 0 aliphatic carbocycles. The average molecular weight is 340 g/mol. The Bertz CT molecular complexity index is 427. The van der Waals surface area contributed by atoms with Crippen molar-refractivity contribution in [3.63, 3.8) is 0 Å². The Balaban J connectivity index is 2.61. The summed E-state index contributed by atoms with van der Waals surface area (Å²) in [5.74, 6) is 0. The van der Waals surface area contributed by atoms with Gasteiger partial charge in [0.2, 0.25) is 0 Å². The molecular formula is C13H17BrF3NO. The largest absolute Gasteiger partial charge is 0.417 e. The maximum absolute atomic E-state index is 12.7. The highest BCUT2D eigenvalue weighted by Gasteiger charge is 2.33. The number of nitrogens with one attached hydrogen (secondary N) is 1. The molecule has 0 aliphatic rings. The van der Waals surface area contributed by atoms with Gasteiger partial charge in [-0.15, -0.1) is 0 Å². The number of anilines is 1. The lowest BCUT2D eigenvalue weighted by atomic mass is 10.2. The van der Waals surface area contributed by atoms with Crippen molar-refractivity contribution >= 4 is 21.6 Å². The Morgan fingerprint density at radius 1 is 1.21 bits per heavy atom. The van der Waals surface area contributed by atoms with Crippen molar-refractivity contribution in [2.75, 3.05) is 18.5 Å². The molecule has 0 bridgehead atoms. The molecule has 0 radical (unpaired) electrons. The second-order valence-corrected chi connectivity index (χ2v) is 5.93. The van der Waals surface area contributed by atoms with Crippen molar-refractivity contribution in [1.82, 2.24) is 0 Å². The Labute approximate surface area is 119 Å². The number of rotatable bonds is 4. The highest BCUT2D eigenvalue weighted by Crippen LogP contribution is 2.36. The molecule has 108 valence electrons. The van der Waals surface area contributed by atoms with Crippen LogP contribution in [0.15, 0.2) is 22.7 Å². The highest BCUT2D eigenvalue weighted by molar-refractivity contribution is 9.10. The van der Waals surface area contributed by atoms with Gasteiger partial charge in [-0.1, -0.05) is 15.9 Å². The lowest BCUT2D eigenvalue weighted by Crippen LogP contribution is -2.23. The average Bonchev–Trinajstić information content (AvgIpc) is 2.23. The lowest BCUT2D eigenvalue weighted by Gasteiger charge is -2.20. The topological polar surface area (TPSA) is 21.3 Å². The number of ether oxygens (including phenoxy) is 1. The summed E-state index contributed by atoms with van der Waals surface area (Å²) in [6.45, 7) is 6.66. The summed E-state index contributed by atoms with van der Waals surface area (Å²) >= 11 is 2.90. The Morgan fingerprint density at radius 3 is 2.37 bits per heavy atom. The third-order valence-electron chi connectivity index (χ3n) is 2.24. The molecule has 0 fully saturated rings. The maximum atomic E-state index is 12.7. The molecule has 1 rings (SSSR count). The van der Waals surface area contributed by atoms with Gasteiger partial charge in [-0.2, -0.15) is 13.2 Å². The van der Waals surface area contributed by atoms with E-state index in [1.54, 1.807) is 6.07 Å². The molecule has 0 aliphatic heterocycles. The number of hydrogen-bond acceptors (Lipinski definition) is 2. The van der Waals surface area contributed by atoms with E-state index in [9.17, 15) is 13.2 Å². The van der Waals surface area contributed by atoms with Crippen LogP contribution >= 0.6 is 15.9 Å². The SMILES string of the molecule is CC(C)(C)OCCNc1ccc(Br)c(C(F)(F)F)c1. The molecule has 0 saturated heterocycles. The van der Waals surface area contributed by atoms with Gasteiger partial charge in [-0.3, -0.25) is 0 Å². The van der Waals surface area contributed by atoms with Gasteiger partial charge in [0.25, 0.3) is 0 Å². The Kier molecular flexibility index (Phi) is 5.26. The van der Waals surface area contributed by atoms with E-state index in [1.807, 2.05) is 20.8 Å². The van der Waals surface area contributed by atoms with Gasteiger partial charge in [0.05, 0.1) is 17.8 Å². The normalized spacial score (nSPS) is 12.6. The van der Waals surface area contributed by atoms with Crippen molar-refractivity contribution in [2.45, 2.75) is 32.5 Å². The minimum atomic E-state index is -4.36. The monoisotopic (exact) mass is 339 g/mol. The molecule has 0 unspecified atom stereocenters. The number of halogens is 4. The van der Waals surface area contributed by atoms with Crippen molar-refractivity contribution in [2.24, 2.45) is 0 Å². The third-order valence-corrected chi connectivity index (χ3v) is 2.93. The summed E-state index contributed by atoms with van der Waals surface area (Å²) in [5.41, 5.74) is -0.513. The van der Waals surface area contributed by atoms with Crippen molar-refractivity contribution < 1.29 is 17.9 Å². The molecule has 0 atom stereocenters. The summed E-state index contributed by atoms with van der Waals surface area (Å²) < 4.78 is 43.6. The molecule has 0 spiro atoms. The predicted molar refractivity (Wildman–Crippen MR) is 73.3 cm³/mol. The lowest BCUT2D eigenvalue weighted by molar-refractivity contribution is -0.138. The van der Waals surface area contributed by atoms with E-state index < -0.39 is 11.7 Å². The number of benzene rings is 1. The first kappa shape index (κ1) is 16.3. The smallest absolute Gasteiger partial charge is 0.383 e. The number of hydrogen-bond donors (Lipinski definition) is 1.